The van der Waals surface area contributed by atoms with Crippen molar-refractivity contribution < 1.29 is 0 Å². The summed E-state index contributed by atoms with van der Waals surface area (Å²) in [6, 6.07) is 16.5. The molecule has 5 nitrogen and oxygen atoms in total. The van der Waals surface area contributed by atoms with Crippen LogP contribution in [0.4, 0.5) is 17.1 Å². The van der Waals surface area contributed by atoms with Crippen molar-refractivity contribution in [1.82, 2.24) is 4.91 Å². The third-order valence-electron chi connectivity index (χ3n) is 2.05. The monoisotopic (exact) mass is 224 g/mol. The SMILES string of the molecule is N=[N+]=Nc1ccc(N=Nc2ccccc2)cc1. The molecule has 0 saturated heterocycles. The molecule has 0 radical (unpaired) electrons. The number of hydrogen-bond donors (Lipinski definition) is 1. The molecule has 0 unspecified atom stereocenters. The Hall–Kier alpha value is -2.65. The summed E-state index contributed by atoms with van der Waals surface area (Å²) in [5, 5.41) is 11.8. The molecule has 0 aliphatic carbocycles. The molecule has 0 saturated carbocycles. The first kappa shape index (κ1) is 10.9. The fraction of sp³-hybridized carbons (Fsp3) is 0. The van der Waals surface area contributed by atoms with Crippen molar-refractivity contribution in [2.75, 3.05) is 0 Å². The number of nitrogens with one attached hydrogen (secondary N) is 1. The Balaban J connectivity index is 2.14. The molecule has 82 valence electrons. The van der Waals surface area contributed by atoms with Crippen LogP contribution in [0.1, 0.15) is 0 Å². The van der Waals surface area contributed by atoms with Crippen LogP contribution in [0.5, 0.6) is 0 Å². The summed E-state index contributed by atoms with van der Waals surface area (Å²) < 4.78 is 0. The number of rotatable bonds is 3. The molecule has 0 heterocycles. The molecule has 0 amide bonds. The average Bonchev–Trinajstić information content (AvgIpc) is 2.40. The van der Waals surface area contributed by atoms with Crippen LogP contribution in [0, 0.1) is 5.53 Å². The van der Waals surface area contributed by atoms with Crippen LogP contribution < -0.4 is 4.91 Å². The molecule has 2 aromatic rings. The lowest BCUT2D eigenvalue weighted by Crippen LogP contribution is -1.66. The summed E-state index contributed by atoms with van der Waals surface area (Å²) in [6.07, 6.45) is 0. The Morgan fingerprint density at radius 3 is 1.82 bits per heavy atom. The maximum absolute atomic E-state index is 6.60. The lowest BCUT2D eigenvalue weighted by Gasteiger charge is -1.92. The van der Waals surface area contributed by atoms with Crippen molar-refractivity contribution in [2.24, 2.45) is 15.3 Å². The predicted octanol–water partition coefficient (Wildman–Crippen LogP) is 4.28. The number of hydrogen-bond acceptors (Lipinski definition) is 4. The van der Waals surface area contributed by atoms with E-state index in [0.29, 0.717) is 5.69 Å². The van der Waals surface area contributed by atoms with Crippen LogP contribution in [-0.4, -0.2) is 0 Å². The first-order valence-corrected chi connectivity index (χ1v) is 5.03. The van der Waals surface area contributed by atoms with E-state index < -0.39 is 0 Å². The van der Waals surface area contributed by atoms with Gasteiger partial charge in [0, 0.05) is 0 Å². The third kappa shape index (κ3) is 3.15. The molecule has 0 fully saturated rings. The van der Waals surface area contributed by atoms with Gasteiger partial charge in [-0.2, -0.15) is 10.2 Å². The van der Waals surface area contributed by atoms with E-state index in [1.165, 1.54) is 0 Å². The smallest absolute Gasteiger partial charge is 0.151 e. The van der Waals surface area contributed by atoms with E-state index in [1.54, 1.807) is 24.3 Å². The van der Waals surface area contributed by atoms with Gasteiger partial charge in [-0.05, 0) is 36.4 Å². The second kappa shape index (κ2) is 5.44. The van der Waals surface area contributed by atoms with Crippen molar-refractivity contribution in [3.63, 3.8) is 0 Å². The Morgan fingerprint density at radius 1 is 0.706 bits per heavy atom. The van der Waals surface area contributed by atoms with Gasteiger partial charge in [-0.3, -0.25) is 0 Å². The quantitative estimate of drug-likeness (QED) is 0.596. The van der Waals surface area contributed by atoms with Gasteiger partial charge in [-0.1, -0.05) is 18.2 Å². The summed E-state index contributed by atoms with van der Waals surface area (Å²) in [6.45, 7) is 0. The average molecular weight is 224 g/mol. The Labute approximate surface area is 98.1 Å². The van der Waals surface area contributed by atoms with Gasteiger partial charge >= 0.3 is 0 Å². The zero-order valence-corrected chi connectivity index (χ0v) is 8.99. The van der Waals surface area contributed by atoms with Crippen molar-refractivity contribution in [3.05, 3.63) is 54.6 Å². The van der Waals surface area contributed by atoms with Gasteiger partial charge < -0.3 is 0 Å². The molecule has 2 rings (SSSR count). The lowest BCUT2D eigenvalue weighted by molar-refractivity contribution is 0.992. The Kier molecular flexibility index (Phi) is 3.47. The largest absolute Gasteiger partial charge is 0.220 e. The van der Waals surface area contributed by atoms with Crippen molar-refractivity contribution in [3.8, 4) is 0 Å². The lowest BCUT2D eigenvalue weighted by atomic mass is 10.3. The maximum Gasteiger partial charge on any atom is 0.220 e. The highest BCUT2D eigenvalue weighted by molar-refractivity contribution is 5.47. The van der Waals surface area contributed by atoms with Crippen molar-refractivity contribution in [2.45, 2.75) is 0 Å². The Morgan fingerprint density at radius 2 is 1.24 bits per heavy atom. The maximum atomic E-state index is 6.60. The summed E-state index contributed by atoms with van der Waals surface area (Å²) in [5.41, 5.74) is 8.77. The van der Waals surface area contributed by atoms with E-state index in [4.69, 9.17) is 5.53 Å². The van der Waals surface area contributed by atoms with Gasteiger partial charge in [-0.15, -0.1) is 0 Å². The highest BCUT2D eigenvalue weighted by Gasteiger charge is 1.95. The Bertz CT molecular complexity index is 553. The fourth-order valence-electron chi connectivity index (χ4n) is 1.25. The molecule has 0 aromatic heterocycles. The van der Waals surface area contributed by atoms with Gasteiger partial charge in [0.1, 0.15) is 5.53 Å². The van der Waals surface area contributed by atoms with Gasteiger partial charge in [0.25, 0.3) is 0 Å². The predicted molar refractivity (Wildman–Crippen MR) is 64.0 cm³/mol. The minimum absolute atomic E-state index is 0.624. The molecule has 0 atom stereocenters. The standard InChI is InChI=1S/C12H10N5/c13-17-16-12-8-6-11(7-9-12)15-14-10-4-2-1-3-5-10/h1-9,13H/q+1. The van der Waals surface area contributed by atoms with Gasteiger partial charge in [0.15, 0.2) is 10.8 Å². The van der Waals surface area contributed by atoms with E-state index in [0.717, 1.165) is 11.4 Å². The number of nitrogens with zero attached hydrogens (tertiary/aromatic N) is 4. The first-order chi connectivity index (χ1) is 8.38. The molecule has 17 heavy (non-hydrogen) atoms. The van der Waals surface area contributed by atoms with Crippen LogP contribution in [-0.2, 0) is 0 Å². The van der Waals surface area contributed by atoms with Gasteiger partial charge in [0.2, 0.25) is 4.91 Å². The molecular weight excluding hydrogens is 214 g/mol. The van der Waals surface area contributed by atoms with Crippen molar-refractivity contribution >= 4 is 17.1 Å². The molecule has 1 N–H and O–H groups in total. The molecule has 0 spiro atoms. The van der Waals surface area contributed by atoms with Crippen molar-refractivity contribution in [1.29, 1.82) is 5.53 Å². The minimum Gasteiger partial charge on any atom is -0.151 e. The molecule has 0 bridgehead atoms. The van der Waals surface area contributed by atoms with Crippen LogP contribution in [0.2, 0.25) is 0 Å². The summed E-state index contributed by atoms with van der Waals surface area (Å²) in [5.74, 6) is 0. The molecule has 0 aliphatic heterocycles. The highest BCUT2D eigenvalue weighted by atomic mass is 15.1. The van der Waals surface area contributed by atoms with E-state index in [2.05, 4.69) is 20.3 Å². The van der Waals surface area contributed by atoms with E-state index in [1.807, 2.05) is 30.3 Å². The van der Waals surface area contributed by atoms with Crippen LogP contribution >= 0.6 is 0 Å². The molecule has 5 heteroatoms. The number of benzene rings is 2. The second-order valence-corrected chi connectivity index (χ2v) is 3.25. The first-order valence-electron chi connectivity index (χ1n) is 5.03. The molecule has 2 aromatic carbocycles. The summed E-state index contributed by atoms with van der Waals surface area (Å²) in [7, 11) is 0. The highest BCUT2D eigenvalue weighted by Crippen LogP contribution is 2.20. The zero-order chi connectivity index (χ0) is 11.9. The number of azo groups is 1. The second-order valence-electron chi connectivity index (χ2n) is 3.25. The van der Waals surface area contributed by atoms with E-state index in [-0.39, 0.29) is 0 Å². The van der Waals surface area contributed by atoms with Gasteiger partial charge in [-0.25, -0.2) is 0 Å². The summed E-state index contributed by atoms with van der Waals surface area (Å²) >= 11 is 0. The van der Waals surface area contributed by atoms with Crippen LogP contribution in [0.3, 0.4) is 0 Å². The normalized spacial score (nSPS) is 10.1. The van der Waals surface area contributed by atoms with Crippen LogP contribution in [0.25, 0.3) is 0 Å². The summed E-state index contributed by atoms with van der Waals surface area (Å²) in [4.78, 5) is 2.95. The zero-order valence-electron chi connectivity index (χ0n) is 8.99. The molecular formula is C12H10N5+. The van der Waals surface area contributed by atoms with Gasteiger partial charge in [0.05, 0.1) is 11.4 Å². The minimum atomic E-state index is 0.624. The van der Waals surface area contributed by atoms with E-state index >= 15 is 0 Å². The van der Waals surface area contributed by atoms with E-state index in [9.17, 15) is 0 Å². The van der Waals surface area contributed by atoms with Crippen LogP contribution in [0.15, 0.2) is 69.9 Å². The fourth-order valence-corrected chi connectivity index (χ4v) is 1.25. The third-order valence-corrected chi connectivity index (χ3v) is 2.05. The topological polar surface area (TPSA) is 75.0 Å². The molecule has 0 aliphatic rings.